The molecule has 0 radical (unpaired) electrons. The monoisotopic (exact) mass is 511 g/mol. The highest BCUT2D eigenvalue weighted by Crippen LogP contribution is 2.65. The van der Waals surface area contributed by atoms with Crippen molar-refractivity contribution in [3.05, 3.63) is 173 Å². The molecule has 1 nitrogen and oxygen atoms in total. The summed E-state index contributed by atoms with van der Waals surface area (Å²) >= 11 is 0. The molecule has 0 atom stereocenters. The van der Waals surface area contributed by atoms with Gasteiger partial charge < -0.3 is 4.90 Å². The summed E-state index contributed by atoms with van der Waals surface area (Å²) in [6, 6.07) is 51.5. The van der Waals surface area contributed by atoms with Crippen molar-refractivity contribution in [2.24, 2.45) is 0 Å². The number of benzene rings is 6. The number of aryl methyl sites for hydroxylation is 2. The van der Waals surface area contributed by atoms with Crippen molar-refractivity contribution < 1.29 is 0 Å². The number of rotatable bonds is 3. The maximum Gasteiger partial charge on any atom is 0.0746 e. The molecule has 6 aromatic carbocycles. The van der Waals surface area contributed by atoms with Gasteiger partial charge in [0.2, 0.25) is 0 Å². The lowest BCUT2D eigenvalue weighted by molar-refractivity contribution is 0.793. The third-order valence-corrected chi connectivity index (χ3v) is 8.94. The van der Waals surface area contributed by atoms with E-state index in [0.717, 1.165) is 0 Å². The Hall–Kier alpha value is -4.88. The molecule has 0 bridgehead atoms. The van der Waals surface area contributed by atoms with Crippen molar-refractivity contribution in [1.82, 2.24) is 0 Å². The van der Waals surface area contributed by atoms with Crippen LogP contribution in [0.4, 0.5) is 17.1 Å². The lowest BCUT2D eigenvalue weighted by Crippen LogP contribution is -2.28. The third kappa shape index (κ3) is 2.92. The van der Waals surface area contributed by atoms with E-state index in [4.69, 9.17) is 0 Å². The largest absolute Gasteiger partial charge is 0.310 e. The van der Waals surface area contributed by atoms with Crippen LogP contribution >= 0.6 is 0 Å². The molecule has 0 saturated carbocycles. The first-order valence-corrected chi connectivity index (χ1v) is 14.1. The highest BCUT2D eigenvalue weighted by atomic mass is 15.2. The van der Waals surface area contributed by atoms with Crippen LogP contribution in [-0.4, -0.2) is 0 Å². The van der Waals surface area contributed by atoms with E-state index in [9.17, 15) is 0 Å². The molecule has 6 aromatic rings. The molecular weight excluding hydrogens is 482 g/mol. The predicted octanol–water partition coefficient (Wildman–Crippen LogP) is 10.1. The Balaban J connectivity index is 1.55. The van der Waals surface area contributed by atoms with Crippen LogP contribution in [0, 0.1) is 13.8 Å². The number of hydrogen-bond acceptors (Lipinski definition) is 1. The summed E-state index contributed by atoms with van der Waals surface area (Å²) in [7, 11) is 0. The lowest BCUT2D eigenvalue weighted by atomic mass is 9.70. The number of para-hydroxylation sites is 2. The van der Waals surface area contributed by atoms with E-state index in [1.54, 1.807) is 0 Å². The molecule has 2 aliphatic rings. The Morgan fingerprint density at radius 2 is 0.750 bits per heavy atom. The van der Waals surface area contributed by atoms with Gasteiger partial charge in [-0.25, -0.2) is 0 Å². The second-order valence-corrected chi connectivity index (χ2v) is 11.0. The quantitative estimate of drug-likeness (QED) is 0.228. The first kappa shape index (κ1) is 23.0. The van der Waals surface area contributed by atoms with Crippen molar-refractivity contribution >= 4 is 17.1 Å². The minimum Gasteiger partial charge on any atom is -0.310 e. The van der Waals surface area contributed by atoms with Gasteiger partial charge in [-0.2, -0.15) is 0 Å². The van der Waals surface area contributed by atoms with E-state index < -0.39 is 5.41 Å². The predicted molar refractivity (Wildman–Crippen MR) is 167 cm³/mol. The Morgan fingerprint density at radius 1 is 0.375 bits per heavy atom. The first-order valence-electron chi connectivity index (χ1n) is 14.1. The van der Waals surface area contributed by atoms with Gasteiger partial charge >= 0.3 is 0 Å². The molecule has 0 unspecified atom stereocenters. The topological polar surface area (TPSA) is 3.24 Å². The van der Waals surface area contributed by atoms with Crippen molar-refractivity contribution in [3.8, 4) is 22.3 Å². The molecule has 0 N–H and O–H groups in total. The smallest absolute Gasteiger partial charge is 0.0746 e. The van der Waals surface area contributed by atoms with Crippen LogP contribution < -0.4 is 4.90 Å². The normalized spacial score (nSPS) is 13.4. The van der Waals surface area contributed by atoms with Gasteiger partial charge in [0.05, 0.1) is 11.1 Å². The van der Waals surface area contributed by atoms with Gasteiger partial charge in [0.15, 0.2) is 0 Å². The summed E-state index contributed by atoms with van der Waals surface area (Å²) in [4.78, 5) is 2.50. The van der Waals surface area contributed by atoms with Crippen molar-refractivity contribution in [2.75, 3.05) is 4.90 Å². The van der Waals surface area contributed by atoms with E-state index in [-0.39, 0.29) is 0 Å². The zero-order valence-corrected chi connectivity index (χ0v) is 22.7. The second kappa shape index (κ2) is 8.56. The maximum absolute atomic E-state index is 2.50. The summed E-state index contributed by atoms with van der Waals surface area (Å²) in [5, 5.41) is 0. The standard InChI is InChI=1S/C39H29N/c1-26-14-3-11-23-35(26)40(36-24-12-4-15-27(36)2)37-25-13-19-31-30-18-7-10-22-34(30)39(38(31)37)32-20-8-5-16-28(32)29-17-6-9-21-33(29)39/h3-25H,1-2H3. The van der Waals surface area contributed by atoms with Crippen molar-refractivity contribution in [1.29, 1.82) is 0 Å². The van der Waals surface area contributed by atoms with Gasteiger partial charge in [-0.15, -0.1) is 0 Å². The minimum absolute atomic E-state index is 0.403. The van der Waals surface area contributed by atoms with Crippen LogP contribution in [0.25, 0.3) is 22.3 Å². The number of anilines is 3. The van der Waals surface area contributed by atoms with Crippen LogP contribution in [-0.2, 0) is 5.41 Å². The molecule has 0 fully saturated rings. The van der Waals surface area contributed by atoms with E-state index >= 15 is 0 Å². The minimum atomic E-state index is -0.403. The molecule has 0 heterocycles. The number of hydrogen-bond donors (Lipinski definition) is 0. The highest BCUT2D eigenvalue weighted by molar-refractivity contribution is 5.99. The van der Waals surface area contributed by atoms with Crippen molar-refractivity contribution in [3.63, 3.8) is 0 Å². The van der Waals surface area contributed by atoms with Gasteiger partial charge in [-0.1, -0.05) is 121 Å². The van der Waals surface area contributed by atoms with E-state index in [0.29, 0.717) is 0 Å². The maximum atomic E-state index is 2.50. The van der Waals surface area contributed by atoms with Gasteiger partial charge in [0, 0.05) is 16.9 Å². The van der Waals surface area contributed by atoms with E-state index in [2.05, 4.69) is 158 Å². The molecule has 2 aliphatic carbocycles. The van der Waals surface area contributed by atoms with Crippen LogP contribution in [0.3, 0.4) is 0 Å². The Labute approximate surface area is 236 Å². The average Bonchev–Trinajstić information content (AvgIpc) is 3.47. The average molecular weight is 512 g/mol. The molecule has 1 heteroatoms. The number of nitrogens with zero attached hydrogens (tertiary/aromatic N) is 1. The Kier molecular flexibility index (Phi) is 4.93. The first-order chi connectivity index (χ1) is 19.7. The zero-order chi connectivity index (χ0) is 26.8. The summed E-state index contributed by atoms with van der Waals surface area (Å²) in [5.74, 6) is 0. The number of fused-ring (bicyclic) bond motifs is 10. The second-order valence-electron chi connectivity index (χ2n) is 11.0. The van der Waals surface area contributed by atoms with Gasteiger partial charge in [0.25, 0.3) is 0 Å². The molecule has 8 rings (SSSR count). The summed E-state index contributed by atoms with van der Waals surface area (Å²) in [5.41, 5.74) is 16.5. The zero-order valence-electron chi connectivity index (χ0n) is 22.7. The van der Waals surface area contributed by atoms with Crippen LogP contribution in [0.15, 0.2) is 140 Å². The van der Waals surface area contributed by atoms with E-state index in [1.807, 2.05) is 0 Å². The molecule has 40 heavy (non-hydrogen) atoms. The van der Waals surface area contributed by atoms with Gasteiger partial charge in [-0.05, 0) is 82.1 Å². The van der Waals surface area contributed by atoms with Gasteiger partial charge in [0.1, 0.15) is 0 Å². The summed E-state index contributed by atoms with van der Waals surface area (Å²) in [6.07, 6.45) is 0. The molecule has 190 valence electrons. The van der Waals surface area contributed by atoms with Crippen LogP contribution in [0.5, 0.6) is 0 Å². The Morgan fingerprint density at radius 3 is 1.25 bits per heavy atom. The summed E-state index contributed by atoms with van der Waals surface area (Å²) < 4.78 is 0. The highest BCUT2D eigenvalue weighted by Gasteiger charge is 2.53. The fourth-order valence-corrected chi connectivity index (χ4v) is 7.34. The molecule has 0 aliphatic heterocycles. The lowest BCUT2D eigenvalue weighted by Gasteiger charge is -2.36. The fourth-order valence-electron chi connectivity index (χ4n) is 7.34. The molecule has 0 amide bonds. The van der Waals surface area contributed by atoms with Crippen molar-refractivity contribution in [2.45, 2.75) is 19.3 Å². The fraction of sp³-hybridized carbons (Fsp3) is 0.0769. The van der Waals surface area contributed by atoms with Gasteiger partial charge in [-0.3, -0.25) is 0 Å². The van der Waals surface area contributed by atoms with E-state index in [1.165, 1.54) is 72.7 Å². The molecule has 1 spiro atoms. The third-order valence-electron chi connectivity index (χ3n) is 8.94. The van der Waals surface area contributed by atoms with Crippen LogP contribution in [0.2, 0.25) is 0 Å². The molecule has 0 saturated heterocycles. The van der Waals surface area contributed by atoms with Crippen LogP contribution in [0.1, 0.15) is 33.4 Å². The molecular formula is C39H29N. The Bertz CT molecular complexity index is 1840. The summed E-state index contributed by atoms with van der Waals surface area (Å²) in [6.45, 7) is 4.43. The molecule has 0 aromatic heterocycles. The SMILES string of the molecule is Cc1ccccc1N(c1ccccc1C)c1cccc2c1C1(c3ccccc3-c3ccccc31)c1ccccc1-2.